The fraction of sp³-hybridized carbons (Fsp3) is 0.227. The van der Waals surface area contributed by atoms with Gasteiger partial charge in [0.15, 0.2) is 0 Å². The number of benzene rings is 2. The summed E-state index contributed by atoms with van der Waals surface area (Å²) in [6, 6.07) is 15.4. The average Bonchev–Trinajstić information content (AvgIpc) is 3.45. The molecule has 9 heteroatoms. The van der Waals surface area contributed by atoms with Crippen LogP contribution in [0.25, 0.3) is 0 Å². The van der Waals surface area contributed by atoms with Crippen LogP contribution in [0.3, 0.4) is 0 Å². The molecule has 31 heavy (non-hydrogen) atoms. The molecule has 158 valence electrons. The number of hydrogen-bond donors (Lipinski definition) is 1. The van der Waals surface area contributed by atoms with Gasteiger partial charge >= 0.3 is 5.69 Å². The highest BCUT2D eigenvalue weighted by atomic mass is 16.6. The van der Waals surface area contributed by atoms with Crippen LogP contribution in [0.4, 0.5) is 5.69 Å². The molecule has 1 fully saturated rings. The van der Waals surface area contributed by atoms with Crippen LogP contribution < -0.4 is 10.2 Å². The Morgan fingerprint density at radius 2 is 2.16 bits per heavy atom. The van der Waals surface area contributed by atoms with Crippen molar-refractivity contribution >= 4 is 17.8 Å². The first-order valence-corrected chi connectivity index (χ1v) is 9.77. The topological polar surface area (TPSA) is 112 Å². The average molecular weight is 419 g/mol. The molecule has 1 aliphatic rings. The lowest BCUT2D eigenvalue weighted by Gasteiger charge is -2.09. The van der Waals surface area contributed by atoms with E-state index in [4.69, 9.17) is 4.74 Å². The third-order valence-corrected chi connectivity index (χ3v) is 5.21. The van der Waals surface area contributed by atoms with Gasteiger partial charge in [-0.05, 0) is 41.7 Å². The second kappa shape index (κ2) is 8.78. The molecule has 0 aliphatic heterocycles. The lowest BCUT2D eigenvalue weighted by atomic mass is 10.1. The number of hydrogen-bond acceptors (Lipinski definition) is 6. The van der Waals surface area contributed by atoms with Crippen LogP contribution in [0.15, 0.2) is 66.0 Å². The monoisotopic (exact) mass is 419 g/mol. The molecule has 0 spiro atoms. The Morgan fingerprint density at radius 3 is 2.87 bits per heavy atom. The molecule has 1 aliphatic carbocycles. The molecule has 3 aromatic rings. The summed E-state index contributed by atoms with van der Waals surface area (Å²) in [5.74, 6) is 0.731. The predicted octanol–water partition coefficient (Wildman–Crippen LogP) is 3.10. The minimum absolute atomic E-state index is 0.0541. The van der Waals surface area contributed by atoms with Gasteiger partial charge in [-0.15, -0.1) is 0 Å². The predicted molar refractivity (Wildman–Crippen MR) is 114 cm³/mol. The maximum atomic E-state index is 12.3. The maximum Gasteiger partial charge on any atom is 0.307 e. The van der Waals surface area contributed by atoms with Crippen LogP contribution in [0.5, 0.6) is 5.75 Å². The lowest BCUT2D eigenvalue weighted by Crippen LogP contribution is -2.20. The number of hydrazone groups is 1. The zero-order valence-corrected chi connectivity index (χ0v) is 16.8. The first-order chi connectivity index (χ1) is 15.0. The molecule has 0 unspecified atom stereocenters. The van der Waals surface area contributed by atoms with Gasteiger partial charge in [0.2, 0.25) is 5.91 Å². The number of methoxy groups -OCH3 is 1. The van der Waals surface area contributed by atoms with E-state index in [-0.39, 0.29) is 23.4 Å². The van der Waals surface area contributed by atoms with Crippen molar-refractivity contribution < 1.29 is 14.5 Å². The van der Waals surface area contributed by atoms with E-state index in [0.717, 1.165) is 17.5 Å². The summed E-state index contributed by atoms with van der Waals surface area (Å²) >= 11 is 0. The molecule has 0 bridgehead atoms. The Kier molecular flexibility index (Phi) is 5.74. The van der Waals surface area contributed by atoms with Crippen molar-refractivity contribution in [3.05, 3.63) is 87.7 Å². The number of amides is 1. The molecule has 1 N–H and O–H groups in total. The molecule has 2 atom stereocenters. The largest absolute Gasteiger partial charge is 0.496 e. The second-order valence-electron chi connectivity index (χ2n) is 7.32. The first kappa shape index (κ1) is 20.3. The Balaban J connectivity index is 1.39. The van der Waals surface area contributed by atoms with Gasteiger partial charge in [-0.3, -0.25) is 19.6 Å². The fourth-order valence-electron chi connectivity index (χ4n) is 3.52. The lowest BCUT2D eigenvalue weighted by molar-refractivity contribution is -0.385. The molecule has 2 aromatic carbocycles. The standard InChI is InChI=1S/C22H21N5O4/c1-31-21-8-7-15(9-17(21)13-26-14-18(12-24-26)27(29)30)11-23-25-22(28)20-10-19(20)16-5-3-2-4-6-16/h2-9,11-12,14,19-20H,10,13H2,1H3,(H,25,28)/b23-11-/t19-,20+/m1/s1. The number of nitrogens with zero attached hydrogens (tertiary/aromatic N) is 4. The SMILES string of the molecule is COc1ccc(/C=N\NC(=O)[C@H]2C[C@@H]2c2ccccc2)cc1Cn1cc([N+](=O)[O-])cn1. The minimum Gasteiger partial charge on any atom is -0.496 e. The molecule has 1 amide bonds. The van der Waals surface area contributed by atoms with Crippen LogP contribution in [-0.4, -0.2) is 33.9 Å². The third kappa shape index (κ3) is 4.77. The Hall–Kier alpha value is -4.01. The van der Waals surface area contributed by atoms with E-state index >= 15 is 0 Å². The Morgan fingerprint density at radius 1 is 1.35 bits per heavy atom. The summed E-state index contributed by atoms with van der Waals surface area (Å²) in [6.45, 7) is 0.298. The van der Waals surface area contributed by atoms with Crippen molar-refractivity contribution in [2.24, 2.45) is 11.0 Å². The smallest absolute Gasteiger partial charge is 0.307 e. The van der Waals surface area contributed by atoms with Crippen molar-refractivity contribution in [3.8, 4) is 5.75 Å². The number of rotatable bonds is 8. The van der Waals surface area contributed by atoms with Crippen molar-refractivity contribution in [1.82, 2.24) is 15.2 Å². The highest BCUT2D eigenvalue weighted by molar-refractivity contribution is 5.85. The van der Waals surface area contributed by atoms with Crippen molar-refractivity contribution in [2.75, 3.05) is 7.11 Å². The molecule has 1 saturated carbocycles. The second-order valence-corrected chi connectivity index (χ2v) is 7.32. The molecule has 1 heterocycles. The number of nitrogens with one attached hydrogen (secondary N) is 1. The van der Waals surface area contributed by atoms with Gasteiger partial charge in [-0.1, -0.05) is 30.3 Å². The summed E-state index contributed by atoms with van der Waals surface area (Å²) in [5, 5.41) is 18.9. The Labute approximate surface area is 178 Å². The summed E-state index contributed by atoms with van der Waals surface area (Å²) in [7, 11) is 1.55. The van der Waals surface area contributed by atoms with Crippen LogP contribution in [-0.2, 0) is 11.3 Å². The van der Waals surface area contributed by atoms with Crippen molar-refractivity contribution in [2.45, 2.75) is 18.9 Å². The van der Waals surface area contributed by atoms with Gasteiger partial charge in [0.1, 0.15) is 18.1 Å². The van der Waals surface area contributed by atoms with E-state index in [1.165, 1.54) is 22.6 Å². The zero-order valence-electron chi connectivity index (χ0n) is 16.8. The molecular weight excluding hydrogens is 398 g/mol. The number of nitro groups is 1. The van der Waals surface area contributed by atoms with Crippen LogP contribution in [0.2, 0.25) is 0 Å². The summed E-state index contributed by atoms with van der Waals surface area (Å²) < 4.78 is 6.84. The quantitative estimate of drug-likeness (QED) is 0.343. The molecule has 4 rings (SSSR count). The van der Waals surface area contributed by atoms with Gasteiger partial charge in [-0.25, -0.2) is 5.43 Å². The van der Waals surface area contributed by atoms with E-state index in [1.807, 2.05) is 42.5 Å². The van der Waals surface area contributed by atoms with Crippen LogP contribution in [0.1, 0.15) is 29.0 Å². The molecule has 0 radical (unpaired) electrons. The van der Waals surface area contributed by atoms with Crippen molar-refractivity contribution in [3.63, 3.8) is 0 Å². The highest BCUT2D eigenvalue weighted by Gasteiger charge is 2.43. The van der Waals surface area contributed by atoms with Gasteiger partial charge in [0, 0.05) is 11.5 Å². The number of ether oxygens (including phenoxy) is 1. The van der Waals surface area contributed by atoms with E-state index in [1.54, 1.807) is 19.4 Å². The summed E-state index contributed by atoms with van der Waals surface area (Å²) in [6.07, 6.45) is 4.95. The number of carbonyl (C=O) groups excluding carboxylic acids is 1. The molecular formula is C22H21N5O4. The maximum absolute atomic E-state index is 12.3. The molecule has 9 nitrogen and oxygen atoms in total. The fourth-order valence-corrected chi connectivity index (χ4v) is 3.52. The van der Waals surface area contributed by atoms with Gasteiger partial charge in [0.05, 0.1) is 24.8 Å². The third-order valence-electron chi connectivity index (χ3n) is 5.21. The highest BCUT2D eigenvalue weighted by Crippen LogP contribution is 2.47. The summed E-state index contributed by atoms with van der Waals surface area (Å²) in [4.78, 5) is 22.7. The van der Waals surface area contributed by atoms with E-state index in [0.29, 0.717) is 12.3 Å². The number of aromatic nitrogens is 2. The first-order valence-electron chi connectivity index (χ1n) is 9.77. The van der Waals surface area contributed by atoms with E-state index in [2.05, 4.69) is 15.6 Å². The van der Waals surface area contributed by atoms with Crippen LogP contribution in [0, 0.1) is 16.0 Å². The minimum atomic E-state index is -0.491. The van der Waals surface area contributed by atoms with Crippen LogP contribution >= 0.6 is 0 Å². The molecule has 1 aromatic heterocycles. The van der Waals surface area contributed by atoms with E-state index < -0.39 is 4.92 Å². The Bertz CT molecular complexity index is 1130. The van der Waals surface area contributed by atoms with E-state index in [9.17, 15) is 14.9 Å². The molecule has 0 saturated heterocycles. The normalized spacial score (nSPS) is 17.5. The zero-order chi connectivity index (χ0) is 21.8. The van der Waals surface area contributed by atoms with Crippen molar-refractivity contribution in [1.29, 1.82) is 0 Å². The number of carbonyl (C=O) groups is 1. The van der Waals surface area contributed by atoms with Gasteiger partial charge in [0.25, 0.3) is 0 Å². The summed E-state index contributed by atoms with van der Waals surface area (Å²) in [5.41, 5.74) is 5.25. The van der Waals surface area contributed by atoms with Gasteiger partial charge < -0.3 is 4.74 Å². The van der Waals surface area contributed by atoms with Gasteiger partial charge in [-0.2, -0.15) is 10.2 Å².